The van der Waals surface area contributed by atoms with E-state index < -0.39 is 11.4 Å². The van der Waals surface area contributed by atoms with Crippen molar-refractivity contribution in [2.45, 2.75) is 41.2 Å². The molecule has 1 aromatic carbocycles. The quantitative estimate of drug-likeness (QED) is 0.887. The third-order valence-electron chi connectivity index (χ3n) is 3.64. The van der Waals surface area contributed by atoms with Gasteiger partial charge in [0.05, 0.1) is 5.41 Å². The van der Waals surface area contributed by atoms with Gasteiger partial charge in [-0.1, -0.05) is 12.1 Å². The molecule has 0 unspecified atom stereocenters. The van der Waals surface area contributed by atoms with E-state index in [2.05, 4.69) is 37.8 Å². The number of nitrogens with zero attached hydrogens (tertiary/aromatic N) is 1. The highest BCUT2D eigenvalue weighted by Gasteiger charge is 2.28. The van der Waals surface area contributed by atoms with Crippen LogP contribution in [0, 0.1) is 26.2 Å². The summed E-state index contributed by atoms with van der Waals surface area (Å²) in [5.41, 5.74) is 4.40. The standard InChI is InChI=1S/C16H25NO2/c1-11-7-13(3)14(8-12(11)2)9-17(6)10-16(4,5)15(18)19/h7-8H,9-10H2,1-6H3,(H,18,19). The Hall–Kier alpha value is -1.35. The van der Waals surface area contributed by atoms with Crippen molar-refractivity contribution in [1.29, 1.82) is 0 Å². The van der Waals surface area contributed by atoms with Crippen LogP contribution >= 0.6 is 0 Å². The molecule has 106 valence electrons. The van der Waals surface area contributed by atoms with Crippen LogP contribution in [0.1, 0.15) is 36.1 Å². The third kappa shape index (κ3) is 4.06. The molecule has 3 heteroatoms. The first-order chi connectivity index (χ1) is 8.63. The molecular weight excluding hydrogens is 238 g/mol. The average molecular weight is 263 g/mol. The van der Waals surface area contributed by atoms with Crippen molar-refractivity contribution in [2.75, 3.05) is 13.6 Å². The Labute approximate surface area is 116 Å². The van der Waals surface area contributed by atoms with Gasteiger partial charge >= 0.3 is 5.97 Å². The molecule has 0 atom stereocenters. The topological polar surface area (TPSA) is 40.5 Å². The third-order valence-corrected chi connectivity index (χ3v) is 3.64. The molecule has 0 bridgehead atoms. The Kier molecular flexibility index (Phi) is 4.75. The maximum Gasteiger partial charge on any atom is 0.310 e. The summed E-state index contributed by atoms with van der Waals surface area (Å²) in [4.78, 5) is 13.2. The van der Waals surface area contributed by atoms with Crippen LogP contribution < -0.4 is 0 Å². The molecule has 0 spiro atoms. The number of hydrogen-bond donors (Lipinski definition) is 1. The fraction of sp³-hybridized carbons (Fsp3) is 0.562. The molecule has 0 fully saturated rings. The van der Waals surface area contributed by atoms with Gasteiger partial charge in [-0.25, -0.2) is 0 Å². The van der Waals surface area contributed by atoms with E-state index in [0.29, 0.717) is 6.54 Å². The van der Waals surface area contributed by atoms with Crippen molar-refractivity contribution in [3.63, 3.8) is 0 Å². The Morgan fingerprint density at radius 2 is 1.68 bits per heavy atom. The molecule has 0 aromatic heterocycles. The molecule has 0 amide bonds. The fourth-order valence-corrected chi connectivity index (χ4v) is 2.28. The van der Waals surface area contributed by atoms with Gasteiger partial charge in [0, 0.05) is 13.1 Å². The van der Waals surface area contributed by atoms with Gasteiger partial charge < -0.3 is 10.0 Å². The highest BCUT2D eigenvalue weighted by atomic mass is 16.4. The first-order valence-electron chi connectivity index (χ1n) is 6.62. The predicted octanol–water partition coefficient (Wildman–Crippen LogP) is 3.15. The van der Waals surface area contributed by atoms with Crippen molar-refractivity contribution < 1.29 is 9.90 Å². The molecular formula is C16H25NO2. The molecule has 0 aliphatic heterocycles. The summed E-state index contributed by atoms with van der Waals surface area (Å²) in [6.07, 6.45) is 0. The number of carboxylic acid groups (broad SMARTS) is 1. The van der Waals surface area contributed by atoms with Crippen molar-refractivity contribution in [1.82, 2.24) is 4.90 Å². The molecule has 3 nitrogen and oxygen atoms in total. The lowest BCUT2D eigenvalue weighted by atomic mass is 9.93. The lowest BCUT2D eigenvalue weighted by Gasteiger charge is -2.27. The molecule has 0 aliphatic carbocycles. The summed E-state index contributed by atoms with van der Waals surface area (Å²) < 4.78 is 0. The number of carbonyl (C=O) groups is 1. The summed E-state index contributed by atoms with van der Waals surface area (Å²) in [5.74, 6) is -0.754. The van der Waals surface area contributed by atoms with E-state index in [1.165, 1.54) is 22.3 Å². The first-order valence-corrected chi connectivity index (χ1v) is 6.62. The summed E-state index contributed by atoms with van der Waals surface area (Å²) in [7, 11) is 1.97. The Bertz CT molecular complexity index is 478. The summed E-state index contributed by atoms with van der Waals surface area (Å²) in [5, 5.41) is 9.16. The van der Waals surface area contributed by atoms with E-state index in [4.69, 9.17) is 5.11 Å². The number of rotatable bonds is 5. The average Bonchev–Trinajstić information content (AvgIpc) is 2.24. The fourth-order valence-electron chi connectivity index (χ4n) is 2.28. The second-order valence-corrected chi connectivity index (χ2v) is 6.22. The summed E-state index contributed by atoms with van der Waals surface area (Å²) >= 11 is 0. The van der Waals surface area contributed by atoms with E-state index in [1.54, 1.807) is 13.8 Å². The second-order valence-electron chi connectivity index (χ2n) is 6.22. The maximum absolute atomic E-state index is 11.1. The lowest BCUT2D eigenvalue weighted by molar-refractivity contribution is -0.147. The zero-order valence-corrected chi connectivity index (χ0v) is 12.9. The van der Waals surface area contributed by atoms with Crippen LogP contribution in [0.25, 0.3) is 0 Å². The number of aliphatic carboxylic acids is 1. The van der Waals surface area contributed by atoms with Gasteiger partial charge in [0.2, 0.25) is 0 Å². The van der Waals surface area contributed by atoms with Gasteiger partial charge in [-0.05, 0) is 63.9 Å². The second kappa shape index (κ2) is 5.74. The zero-order valence-electron chi connectivity index (χ0n) is 12.9. The predicted molar refractivity (Wildman–Crippen MR) is 78.4 cm³/mol. The molecule has 0 saturated carbocycles. The van der Waals surface area contributed by atoms with Crippen molar-refractivity contribution in [3.05, 3.63) is 34.4 Å². The molecule has 1 aromatic rings. The number of hydrogen-bond acceptors (Lipinski definition) is 2. The van der Waals surface area contributed by atoms with Crippen LogP contribution in [-0.2, 0) is 11.3 Å². The molecule has 0 aliphatic rings. The van der Waals surface area contributed by atoms with E-state index >= 15 is 0 Å². The van der Waals surface area contributed by atoms with Gasteiger partial charge in [0.25, 0.3) is 0 Å². The Morgan fingerprint density at radius 3 is 2.21 bits per heavy atom. The highest BCUT2D eigenvalue weighted by Crippen LogP contribution is 2.20. The van der Waals surface area contributed by atoms with Gasteiger partial charge in [-0.2, -0.15) is 0 Å². The zero-order chi connectivity index (χ0) is 14.8. The minimum Gasteiger partial charge on any atom is -0.481 e. The number of carboxylic acids is 1. The van der Waals surface area contributed by atoms with E-state index in [9.17, 15) is 4.79 Å². The van der Waals surface area contributed by atoms with Gasteiger partial charge in [-0.15, -0.1) is 0 Å². The number of aryl methyl sites for hydroxylation is 3. The van der Waals surface area contributed by atoms with E-state index in [1.807, 2.05) is 7.05 Å². The molecule has 0 heterocycles. The Morgan fingerprint density at radius 1 is 1.16 bits per heavy atom. The van der Waals surface area contributed by atoms with Crippen molar-refractivity contribution in [3.8, 4) is 0 Å². The van der Waals surface area contributed by atoms with Gasteiger partial charge in [0.15, 0.2) is 0 Å². The van der Waals surface area contributed by atoms with Crippen molar-refractivity contribution in [2.24, 2.45) is 5.41 Å². The van der Waals surface area contributed by atoms with Crippen LogP contribution in [0.2, 0.25) is 0 Å². The monoisotopic (exact) mass is 263 g/mol. The molecule has 1 rings (SSSR count). The van der Waals surface area contributed by atoms with Crippen LogP contribution in [0.4, 0.5) is 0 Å². The van der Waals surface area contributed by atoms with E-state index in [0.717, 1.165) is 6.54 Å². The smallest absolute Gasteiger partial charge is 0.310 e. The largest absolute Gasteiger partial charge is 0.481 e. The molecule has 1 N–H and O–H groups in total. The highest BCUT2D eigenvalue weighted by molar-refractivity contribution is 5.73. The summed E-state index contributed by atoms with van der Waals surface area (Å²) in [6, 6.07) is 4.40. The Balaban J connectivity index is 2.80. The molecule has 0 saturated heterocycles. The molecule has 0 radical (unpaired) electrons. The molecule has 19 heavy (non-hydrogen) atoms. The minimum atomic E-state index is -0.754. The van der Waals surface area contributed by atoms with Crippen LogP contribution in [0.3, 0.4) is 0 Å². The van der Waals surface area contributed by atoms with Crippen molar-refractivity contribution >= 4 is 5.97 Å². The lowest BCUT2D eigenvalue weighted by Crippen LogP contribution is -2.37. The van der Waals surface area contributed by atoms with Crippen LogP contribution in [-0.4, -0.2) is 29.6 Å². The maximum atomic E-state index is 11.1. The number of benzene rings is 1. The van der Waals surface area contributed by atoms with Gasteiger partial charge in [0.1, 0.15) is 0 Å². The minimum absolute atomic E-state index is 0.536. The van der Waals surface area contributed by atoms with Gasteiger partial charge in [-0.3, -0.25) is 4.79 Å². The van der Waals surface area contributed by atoms with Crippen LogP contribution in [0.5, 0.6) is 0 Å². The SMILES string of the molecule is Cc1cc(C)c(CN(C)CC(C)(C)C(=O)O)cc1C. The summed E-state index contributed by atoms with van der Waals surface area (Å²) in [6.45, 7) is 11.2. The normalized spacial score (nSPS) is 11.9. The van der Waals surface area contributed by atoms with Crippen LogP contribution in [0.15, 0.2) is 12.1 Å². The first kappa shape index (κ1) is 15.7. The van der Waals surface area contributed by atoms with E-state index in [-0.39, 0.29) is 0 Å².